The second-order valence-corrected chi connectivity index (χ2v) is 8.04. The van der Waals surface area contributed by atoms with Gasteiger partial charge in [-0.05, 0) is 31.2 Å². The molecule has 1 aliphatic carbocycles. The van der Waals surface area contributed by atoms with Gasteiger partial charge >= 0.3 is 0 Å². The lowest BCUT2D eigenvalue weighted by atomic mass is 9.98. The van der Waals surface area contributed by atoms with Crippen molar-refractivity contribution in [2.75, 3.05) is 26.7 Å². The zero-order chi connectivity index (χ0) is 20.8. The minimum atomic E-state index is 0.00360. The van der Waals surface area contributed by atoms with Crippen LogP contribution in [0.5, 0.6) is 5.88 Å². The summed E-state index contributed by atoms with van der Waals surface area (Å²) < 4.78 is 13.8. The molecule has 2 fully saturated rings. The number of rotatable bonds is 5. The van der Waals surface area contributed by atoms with Gasteiger partial charge in [-0.3, -0.25) is 9.67 Å². The Labute approximate surface area is 178 Å². The van der Waals surface area contributed by atoms with Crippen molar-refractivity contribution in [3.8, 4) is 5.88 Å². The van der Waals surface area contributed by atoms with Gasteiger partial charge in [0.05, 0.1) is 19.3 Å². The van der Waals surface area contributed by atoms with E-state index in [9.17, 15) is 0 Å². The molecule has 0 bridgehead atoms. The summed E-state index contributed by atoms with van der Waals surface area (Å²) >= 11 is 0. The van der Waals surface area contributed by atoms with E-state index in [2.05, 4.69) is 31.4 Å². The summed E-state index contributed by atoms with van der Waals surface area (Å²) in [5.74, 6) is 1.59. The topological polar surface area (TPSA) is 76.8 Å². The van der Waals surface area contributed by atoms with Gasteiger partial charge in [0.15, 0.2) is 5.96 Å². The highest BCUT2D eigenvalue weighted by molar-refractivity contribution is 5.80. The molecule has 1 atom stereocenters. The van der Waals surface area contributed by atoms with Crippen molar-refractivity contribution < 1.29 is 9.47 Å². The Kier molecular flexibility index (Phi) is 6.84. The summed E-state index contributed by atoms with van der Waals surface area (Å²) in [6.45, 7) is 2.88. The Morgan fingerprint density at radius 2 is 2.13 bits per heavy atom. The number of aromatic nitrogens is 3. The number of aliphatic imine (C=N–C) groups is 1. The quantitative estimate of drug-likeness (QED) is 0.601. The zero-order valence-corrected chi connectivity index (χ0v) is 18.0. The average Bonchev–Trinajstić information content (AvgIpc) is 3.23. The third-order valence-corrected chi connectivity index (χ3v) is 5.76. The lowest BCUT2D eigenvalue weighted by Gasteiger charge is -2.34. The molecule has 0 aromatic carbocycles. The van der Waals surface area contributed by atoms with Crippen LogP contribution in [-0.2, 0) is 18.3 Å². The van der Waals surface area contributed by atoms with Gasteiger partial charge in [0.2, 0.25) is 5.88 Å². The summed E-state index contributed by atoms with van der Waals surface area (Å²) in [7, 11) is 3.74. The number of aryl methyl sites for hydroxylation is 1. The van der Waals surface area contributed by atoms with E-state index in [-0.39, 0.29) is 6.10 Å². The molecule has 1 aliphatic heterocycles. The predicted molar refractivity (Wildman–Crippen MR) is 115 cm³/mol. The molecule has 0 spiro atoms. The maximum Gasteiger partial charge on any atom is 0.213 e. The number of pyridine rings is 1. The maximum absolute atomic E-state index is 6.02. The molecule has 162 valence electrons. The van der Waals surface area contributed by atoms with Crippen molar-refractivity contribution in [2.45, 2.75) is 50.9 Å². The molecule has 0 amide bonds. The van der Waals surface area contributed by atoms with Gasteiger partial charge in [0.1, 0.15) is 12.2 Å². The number of nitrogens with zero attached hydrogens (tertiary/aromatic N) is 5. The van der Waals surface area contributed by atoms with Crippen molar-refractivity contribution in [3.05, 3.63) is 41.9 Å². The Balaban J connectivity index is 1.29. The molecular weight excluding hydrogens is 380 g/mol. The van der Waals surface area contributed by atoms with Gasteiger partial charge in [0.25, 0.3) is 0 Å². The third-order valence-electron chi connectivity index (χ3n) is 5.76. The van der Waals surface area contributed by atoms with Crippen molar-refractivity contribution in [3.63, 3.8) is 0 Å². The first-order chi connectivity index (χ1) is 14.7. The van der Waals surface area contributed by atoms with E-state index >= 15 is 0 Å². The van der Waals surface area contributed by atoms with E-state index in [1.54, 1.807) is 4.68 Å². The highest BCUT2D eigenvalue weighted by atomic mass is 16.5. The SMILES string of the molecule is CN=C(NCc1ccc(OC2CCCCC2)nc1)N1CCOC(c2cnn(C)c2)C1. The molecule has 8 heteroatoms. The van der Waals surface area contributed by atoms with E-state index in [0.29, 0.717) is 19.3 Å². The molecule has 1 unspecified atom stereocenters. The van der Waals surface area contributed by atoms with E-state index in [4.69, 9.17) is 9.47 Å². The highest BCUT2D eigenvalue weighted by Crippen LogP contribution is 2.23. The van der Waals surface area contributed by atoms with Crippen LogP contribution in [0.15, 0.2) is 35.7 Å². The van der Waals surface area contributed by atoms with Gasteiger partial charge in [0, 0.05) is 51.2 Å². The van der Waals surface area contributed by atoms with Crippen LogP contribution in [0.4, 0.5) is 0 Å². The molecule has 1 saturated heterocycles. The van der Waals surface area contributed by atoms with Crippen LogP contribution in [0.3, 0.4) is 0 Å². The number of hydrogen-bond acceptors (Lipinski definition) is 5. The smallest absolute Gasteiger partial charge is 0.213 e. The van der Waals surface area contributed by atoms with Crippen LogP contribution in [0.2, 0.25) is 0 Å². The molecule has 0 radical (unpaired) electrons. The molecule has 3 heterocycles. The molecule has 4 rings (SSSR count). The van der Waals surface area contributed by atoms with Gasteiger partial charge in [-0.2, -0.15) is 5.10 Å². The lowest BCUT2D eigenvalue weighted by Crippen LogP contribution is -2.47. The molecular formula is C22H32N6O2. The number of nitrogens with one attached hydrogen (secondary N) is 1. The minimum absolute atomic E-state index is 0.00360. The summed E-state index contributed by atoms with van der Waals surface area (Å²) in [6.07, 6.45) is 12.2. The van der Waals surface area contributed by atoms with E-state index < -0.39 is 0 Å². The summed E-state index contributed by atoms with van der Waals surface area (Å²) in [5, 5.41) is 7.71. The van der Waals surface area contributed by atoms with Crippen LogP contribution in [-0.4, -0.2) is 58.5 Å². The van der Waals surface area contributed by atoms with Gasteiger partial charge < -0.3 is 19.7 Å². The Morgan fingerprint density at radius 3 is 2.83 bits per heavy atom. The molecule has 1 N–H and O–H groups in total. The molecule has 8 nitrogen and oxygen atoms in total. The minimum Gasteiger partial charge on any atom is -0.474 e. The summed E-state index contributed by atoms with van der Waals surface area (Å²) in [5.41, 5.74) is 2.19. The molecule has 1 saturated carbocycles. The average molecular weight is 413 g/mol. The van der Waals surface area contributed by atoms with E-state index in [1.165, 1.54) is 19.3 Å². The van der Waals surface area contributed by atoms with Gasteiger partial charge in [-0.15, -0.1) is 0 Å². The summed E-state index contributed by atoms with van der Waals surface area (Å²) in [6, 6.07) is 4.05. The third kappa shape index (κ3) is 5.30. The molecule has 2 aromatic heterocycles. The van der Waals surface area contributed by atoms with Crippen molar-refractivity contribution >= 4 is 5.96 Å². The maximum atomic E-state index is 6.02. The standard InChI is InChI=1S/C22H32N6O2/c1-23-22(28-10-11-29-20(16-28)18-14-26-27(2)15-18)25-13-17-8-9-21(24-12-17)30-19-6-4-3-5-7-19/h8-9,12,14-15,19-20H,3-7,10-11,13,16H2,1-2H3,(H,23,25). The molecule has 2 aliphatic rings. The summed E-state index contributed by atoms with van der Waals surface area (Å²) in [4.78, 5) is 11.2. The predicted octanol–water partition coefficient (Wildman–Crippen LogP) is 2.68. The van der Waals surface area contributed by atoms with Crippen molar-refractivity contribution in [1.29, 1.82) is 0 Å². The molecule has 30 heavy (non-hydrogen) atoms. The first-order valence-electron chi connectivity index (χ1n) is 10.9. The van der Waals surface area contributed by atoms with Gasteiger partial charge in [-0.1, -0.05) is 12.5 Å². The highest BCUT2D eigenvalue weighted by Gasteiger charge is 2.25. The van der Waals surface area contributed by atoms with Crippen LogP contribution in [0.25, 0.3) is 0 Å². The Morgan fingerprint density at radius 1 is 1.27 bits per heavy atom. The van der Waals surface area contributed by atoms with Crippen molar-refractivity contribution in [2.24, 2.45) is 12.0 Å². The fourth-order valence-corrected chi connectivity index (χ4v) is 4.10. The number of hydrogen-bond donors (Lipinski definition) is 1. The number of ether oxygens (including phenoxy) is 2. The van der Waals surface area contributed by atoms with Crippen molar-refractivity contribution in [1.82, 2.24) is 25.0 Å². The Hall–Kier alpha value is -2.61. The fraction of sp³-hybridized carbons (Fsp3) is 0.591. The van der Waals surface area contributed by atoms with Crippen LogP contribution in [0.1, 0.15) is 49.3 Å². The second-order valence-electron chi connectivity index (χ2n) is 8.04. The van der Waals surface area contributed by atoms with Crippen LogP contribution in [0, 0.1) is 0 Å². The monoisotopic (exact) mass is 412 g/mol. The van der Waals surface area contributed by atoms with Gasteiger partial charge in [-0.25, -0.2) is 4.98 Å². The van der Waals surface area contributed by atoms with Crippen LogP contribution >= 0.6 is 0 Å². The van der Waals surface area contributed by atoms with E-state index in [1.807, 2.05) is 38.8 Å². The number of guanidine groups is 1. The molecule has 2 aromatic rings. The van der Waals surface area contributed by atoms with Crippen LogP contribution < -0.4 is 10.1 Å². The lowest BCUT2D eigenvalue weighted by molar-refractivity contribution is -0.00805. The van der Waals surface area contributed by atoms with E-state index in [0.717, 1.165) is 48.9 Å². The fourth-order valence-electron chi connectivity index (χ4n) is 4.10. The zero-order valence-electron chi connectivity index (χ0n) is 18.0. The first-order valence-corrected chi connectivity index (χ1v) is 10.9. The normalized spacial score (nSPS) is 20.9. The Bertz CT molecular complexity index is 828. The number of morpholine rings is 1. The largest absolute Gasteiger partial charge is 0.474 e. The second kappa shape index (κ2) is 9.93. The first kappa shape index (κ1) is 20.7.